The molecule has 0 radical (unpaired) electrons. The second-order valence-electron chi connectivity index (χ2n) is 2.72. The third-order valence-electron chi connectivity index (χ3n) is 1.97. The van der Waals surface area contributed by atoms with Crippen molar-refractivity contribution in [3.63, 3.8) is 0 Å². The van der Waals surface area contributed by atoms with Gasteiger partial charge >= 0.3 is 8.56 Å². The molecule has 1 aliphatic rings. The van der Waals surface area contributed by atoms with Gasteiger partial charge in [-0.05, 0) is 11.7 Å². The lowest BCUT2D eigenvalue weighted by Crippen LogP contribution is -2.61. The molecule has 0 unspecified atom stereocenters. The summed E-state index contributed by atoms with van der Waals surface area (Å²) in [6, 6.07) is 10.2. The van der Waals surface area contributed by atoms with Crippen LogP contribution in [0.2, 0.25) is 6.55 Å². The van der Waals surface area contributed by atoms with E-state index in [0.717, 1.165) is 0 Å². The minimum Gasteiger partial charge on any atom is -0.417 e. The van der Waals surface area contributed by atoms with Gasteiger partial charge in [0.2, 0.25) is 0 Å². The molecule has 1 aliphatic heterocycles. The smallest absolute Gasteiger partial charge is 0.351 e. The summed E-state index contributed by atoms with van der Waals surface area (Å²) in [5.74, 6) is 0. The Morgan fingerprint density at radius 2 is 1.82 bits per heavy atom. The van der Waals surface area contributed by atoms with Crippen molar-refractivity contribution in [1.29, 1.82) is 0 Å². The van der Waals surface area contributed by atoms with Crippen molar-refractivity contribution < 1.29 is 8.23 Å². The van der Waals surface area contributed by atoms with E-state index in [0.29, 0.717) is 0 Å². The van der Waals surface area contributed by atoms with Crippen molar-refractivity contribution in [2.24, 2.45) is 0 Å². The summed E-state index contributed by atoms with van der Waals surface area (Å²) in [5, 5.41) is 1.25. The monoisotopic (exact) mass is 182 g/mol. The highest BCUT2D eigenvalue weighted by Gasteiger charge is 2.40. The van der Waals surface area contributed by atoms with Crippen molar-refractivity contribution >= 4 is 23.8 Å². The zero-order valence-electron chi connectivity index (χ0n) is 6.41. The summed E-state index contributed by atoms with van der Waals surface area (Å²) < 4.78 is 11.1. The molecule has 2 rings (SSSR count). The average Bonchev–Trinajstić information content (AvgIpc) is 2.02. The Labute approximate surface area is 69.5 Å². The van der Waals surface area contributed by atoms with Crippen LogP contribution in [0.1, 0.15) is 0 Å². The number of hydrogen-bond donors (Lipinski definition) is 0. The zero-order chi connectivity index (χ0) is 7.73. The first-order chi connectivity index (χ1) is 5.31. The molecule has 0 atom stereocenters. The highest BCUT2D eigenvalue weighted by atomic mass is 28.5. The first-order valence-corrected chi connectivity index (χ1v) is 7.12. The van der Waals surface area contributed by atoms with Crippen LogP contribution in [0, 0.1) is 0 Å². The first-order valence-electron chi connectivity index (χ1n) is 3.65. The maximum atomic E-state index is 5.56. The molecule has 58 valence electrons. The van der Waals surface area contributed by atoms with Crippen LogP contribution < -0.4 is 5.19 Å². The average molecular weight is 182 g/mol. The minimum atomic E-state index is -1.81. The molecule has 1 heterocycles. The van der Waals surface area contributed by atoms with Crippen LogP contribution in [-0.2, 0) is 8.23 Å². The summed E-state index contributed by atoms with van der Waals surface area (Å²) in [6.45, 7) is 2.10. The largest absolute Gasteiger partial charge is 0.417 e. The number of benzene rings is 1. The highest BCUT2D eigenvalue weighted by molar-refractivity contribution is 6.90. The second-order valence-corrected chi connectivity index (χ2v) is 7.73. The molecule has 4 heteroatoms. The first kappa shape index (κ1) is 7.24. The number of rotatable bonds is 1. The minimum absolute atomic E-state index is 0.581. The van der Waals surface area contributed by atoms with E-state index < -0.39 is 18.6 Å². The van der Waals surface area contributed by atoms with Crippen LogP contribution in [0.3, 0.4) is 0 Å². The molecule has 0 bridgehead atoms. The predicted molar refractivity (Wildman–Crippen MR) is 48.4 cm³/mol. The van der Waals surface area contributed by atoms with Gasteiger partial charge < -0.3 is 8.23 Å². The molecule has 1 fully saturated rings. The maximum absolute atomic E-state index is 5.56. The molecule has 0 N–H and O–H groups in total. The Morgan fingerprint density at radius 1 is 1.18 bits per heavy atom. The third-order valence-corrected chi connectivity index (χ3v) is 8.70. The molecule has 0 spiro atoms. The summed E-state index contributed by atoms with van der Waals surface area (Å²) in [5.41, 5.74) is 0. The van der Waals surface area contributed by atoms with Gasteiger partial charge in [-0.25, -0.2) is 0 Å². The Kier molecular flexibility index (Phi) is 1.69. The van der Waals surface area contributed by atoms with Crippen molar-refractivity contribution in [1.82, 2.24) is 0 Å². The fourth-order valence-electron chi connectivity index (χ4n) is 1.14. The van der Waals surface area contributed by atoms with Crippen LogP contribution in [0.4, 0.5) is 0 Å². The Balaban J connectivity index is 2.29. The van der Waals surface area contributed by atoms with Gasteiger partial charge in [0.25, 0.3) is 10.0 Å². The van der Waals surface area contributed by atoms with Crippen molar-refractivity contribution in [2.75, 3.05) is 0 Å². The molecule has 0 amide bonds. The van der Waals surface area contributed by atoms with Gasteiger partial charge in [-0.2, -0.15) is 0 Å². The van der Waals surface area contributed by atoms with Crippen LogP contribution in [0.5, 0.6) is 0 Å². The lowest BCUT2D eigenvalue weighted by Gasteiger charge is -2.36. The van der Waals surface area contributed by atoms with Gasteiger partial charge in [0.15, 0.2) is 0 Å². The quantitative estimate of drug-likeness (QED) is 0.570. The van der Waals surface area contributed by atoms with E-state index >= 15 is 0 Å². The molecule has 0 saturated carbocycles. The SMILES string of the molecule is C[Si]1(c2ccccc2)O[SiH2]O1. The van der Waals surface area contributed by atoms with Crippen molar-refractivity contribution in [2.45, 2.75) is 6.55 Å². The topological polar surface area (TPSA) is 18.5 Å². The molecule has 0 aliphatic carbocycles. The van der Waals surface area contributed by atoms with Gasteiger partial charge in [0.05, 0.1) is 0 Å². The summed E-state index contributed by atoms with van der Waals surface area (Å²) in [7, 11) is -2.39. The van der Waals surface area contributed by atoms with Crippen LogP contribution in [0.25, 0.3) is 0 Å². The van der Waals surface area contributed by atoms with E-state index in [1.54, 1.807) is 0 Å². The second kappa shape index (κ2) is 2.56. The molecule has 2 nitrogen and oxygen atoms in total. The van der Waals surface area contributed by atoms with E-state index in [9.17, 15) is 0 Å². The normalized spacial score (nSPS) is 31.7. The van der Waals surface area contributed by atoms with E-state index in [4.69, 9.17) is 8.23 Å². The van der Waals surface area contributed by atoms with Gasteiger partial charge in [-0.1, -0.05) is 30.3 Å². The van der Waals surface area contributed by atoms with Gasteiger partial charge in [0, 0.05) is 0 Å². The summed E-state index contributed by atoms with van der Waals surface area (Å²) >= 11 is 0. The van der Waals surface area contributed by atoms with Gasteiger partial charge in [-0.15, -0.1) is 0 Å². The van der Waals surface area contributed by atoms with Crippen molar-refractivity contribution in [3.8, 4) is 0 Å². The molecule has 1 saturated heterocycles. The number of hydrogen-bond acceptors (Lipinski definition) is 2. The summed E-state index contributed by atoms with van der Waals surface area (Å²) in [6.07, 6.45) is 0. The van der Waals surface area contributed by atoms with Crippen LogP contribution in [-0.4, -0.2) is 18.6 Å². The Morgan fingerprint density at radius 3 is 2.27 bits per heavy atom. The Bertz CT molecular complexity index is 246. The molecule has 0 aromatic heterocycles. The third kappa shape index (κ3) is 1.18. The van der Waals surface area contributed by atoms with Crippen LogP contribution in [0.15, 0.2) is 30.3 Å². The lowest BCUT2D eigenvalue weighted by atomic mass is 10.4. The fourth-order valence-corrected chi connectivity index (χ4v) is 5.16. The molecule has 1 aromatic carbocycles. The van der Waals surface area contributed by atoms with E-state index in [1.807, 2.05) is 18.2 Å². The summed E-state index contributed by atoms with van der Waals surface area (Å²) in [4.78, 5) is 0. The molecule has 11 heavy (non-hydrogen) atoms. The van der Waals surface area contributed by atoms with E-state index in [2.05, 4.69) is 18.7 Å². The molecule has 1 aromatic rings. The lowest BCUT2D eigenvalue weighted by molar-refractivity contribution is 0.297. The van der Waals surface area contributed by atoms with E-state index in [1.165, 1.54) is 5.19 Å². The van der Waals surface area contributed by atoms with Crippen LogP contribution >= 0.6 is 0 Å². The zero-order valence-corrected chi connectivity index (χ0v) is 8.82. The standard InChI is InChI=1S/C7H10O2Si2/c1-11(8-10-9-11)7-5-3-2-4-6-7/h2-6H,10H2,1H3. The predicted octanol–water partition coefficient (Wildman–Crippen LogP) is 0.0112. The fraction of sp³-hybridized carbons (Fsp3) is 0.143. The van der Waals surface area contributed by atoms with Gasteiger partial charge in [0.1, 0.15) is 0 Å². The highest BCUT2D eigenvalue weighted by Crippen LogP contribution is 2.14. The molecular weight excluding hydrogens is 172 g/mol. The van der Waals surface area contributed by atoms with E-state index in [-0.39, 0.29) is 0 Å². The Hall–Kier alpha value is -0.426. The maximum Gasteiger partial charge on any atom is 0.351 e. The van der Waals surface area contributed by atoms with Crippen molar-refractivity contribution in [3.05, 3.63) is 30.3 Å². The van der Waals surface area contributed by atoms with Gasteiger partial charge in [-0.3, -0.25) is 0 Å². The molecular formula is C7H10O2Si2.